The molecule has 0 spiro atoms. The molecule has 5 heteroatoms. The van der Waals surface area contributed by atoms with Gasteiger partial charge in [0.25, 0.3) is 0 Å². The second-order valence-electron chi connectivity index (χ2n) is 4.92. The molecule has 20 heavy (non-hydrogen) atoms. The molecule has 0 saturated carbocycles. The molecule has 104 valence electrons. The Hall–Kier alpha value is -1.64. The standard InChI is InChI=1S/C15H16NO3P/c1-18-20(2,17)15-10-14(16-19-15)13-9-5-7-11-6-3-4-8-12(11)13/h3-9,15H,10H2,1-2H3. The van der Waals surface area contributed by atoms with Crippen LogP contribution in [0.2, 0.25) is 0 Å². The highest BCUT2D eigenvalue weighted by Gasteiger charge is 2.36. The number of fused-ring (bicyclic) bond motifs is 1. The van der Waals surface area contributed by atoms with Gasteiger partial charge in [-0.1, -0.05) is 47.6 Å². The Morgan fingerprint density at radius 3 is 2.80 bits per heavy atom. The van der Waals surface area contributed by atoms with Gasteiger partial charge in [-0.15, -0.1) is 0 Å². The predicted molar refractivity (Wildman–Crippen MR) is 80.5 cm³/mol. The van der Waals surface area contributed by atoms with E-state index in [0.717, 1.165) is 22.0 Å². The van der Waals surface area contributed by atoms with E-state index in [-0.39, 0.29) is 0 Å². The molecule has 2 aromatic carbocycles. The Morgan fingerprint density at radius 2 is 2.00 bits per heavy atom. The van der Waals surface area contributed by atoms with Crippen LogP contribution < -0.4 is 0 Å². The lowest BCUT2D eigenvalue weighted by molar-refractivity contribution is 0.128. The minimum absolute atomic E-state index is 0.485. The van der Waals surface area contributed by atoms with Gasteiger partial charge in [0.05, 0.1) is 5.71 Å². The summed E-state index contributed by atoms with van der Waals surface area (Å²) in [5.41, 5.74) is 1.85. The van der Waals surface area contributed by atoms with Gasteiger partial charge >= 0.3 is 0 Å². The van der Waals surface area contributed by atoms with Crippen LogP contribution in [0.3, 0.4) is 0 Å². The Bertz CT molecular complexity index is 721. The van der Waals surface area contributed by atoms with Crippen molar-refractivity contribution in [3.05, 3.63) is 48.0 Å². The van der Waals surface area contributed by atoms with Crippen molar-refractivity contribution >= 4 is 23.9 Å². The van der Waals surface area contributed by atoms with Gasteiger partial charge in [0.15, 0.2) is 0 Å². The quantitative estimate of drug-likeness (QED) is 0.806. The zero-order chi connectivity index (χ0) is 14.2. The number of oxime groups is 1. The summed E-state index contributed by atoms with van der Waals surface area (Å²) in [5, 5.41) is 6.40. The number of hydrogen-bond acceptors (Lipinski definition) is 4. The third-order valence-corrected chi connectivity index (χ3v) is 5.69. The number of hydrogen-bond donors (Lipinski definition) is 0. The molecule has 1 heterocycles. The molecule has 0 radical (unpaired) electrons. The fraction of sp³-hybridized carbons (Fsp3) is 0.267. The number of nitrogens with zero attached hydrogens (tertiary/aromatic N) is 1. The number of benzene rings is 2. The second kappa shape index (κ2) is 5.04. The fourth-order valence-corrected chi connectivity index (χ4v) is 3.33. The Labute approximate surface area is 117 Å². The zero-order valence-corrected chi connectivity index (χ0v) is 12.3. The molecular formula is C15H16NO3P. The molecule has 0 aromatic heterocycles. The van der Waals surface area contributed by atoms with Crippen molar-refractivity contribution in [2.75, 3.05) is 13.8 Å². The summed E-state index contributed by atoms with van der Waals surface area (Å²) in [6, 6.07) is 14.2. The summed E-state index contributed by atoms with van der Waals surface area (Å²) < 4.78 is 17.3. The van der Waals surface area contributed by atoms with Gasteiger partial charge in [-0.05, 0) is 10.8 Å². The highest BCUT2D eigenvalue weighted by Crippen LogP contribution is 2.51. The summed E-state index contributed by atoms with van der Waals surface area (Å²) in [4.78, 5) is 5.32. The summed E-state index contributed by atoms with van der Waals surface area (Å²) in [6.45, 7) is 1.58. The van der Waals surface area contributed by atoms with Crippen LogP contribution in [0.1, 0.15) is 12.0 Å². The average molecular weight is 289 g/mol. The third kappa shape index (κ3) is 2.26. The van der Waals surface area contributed by atoms with Crippen molar-refractivity contribution in [3.8, 4) is 0 Å². The molecule has 4 nitrogen and oxygen atoms in total. The average Bonchev–Trinajstić information content (AvgIpc) is 2.97. The largest absolute Gasteiger partial charge is 0.381 e. The molecule has 1 aliphatic heterocycles. The van der Waals surface area contributed by atoms with E-state index in [9.17, 15) is 4.57 Å². The van der Waals surface area contributed by atoms with Crippen molar-refractivity contribution < 1.29 is 13.9 Å². The van der Waals surface area contributed by atoms with Crippen LogP contribution in [0.5, 0.6) is 0 Å². The van der Waals surface area contributed by atoms with Crippen molar-refractivity contribution in [2.45, 2.75) is 12.3 Å². The van der Waals surface area contributed by atoms with E-state index in [0.29, 0.717) is 6.42 Å². The van der Waals surface area contributed by atoms with E-state index < -0.39 is 13.2 Å². The van der Waals surface area contributed by atoms with Crippen molar-refractivity contribution in [3.63, 3.8) is 0 Å². The van der Waals surface area contributed by atoms with Gasteiger partial charge in [-0.25, -0.2) is 0 Å². The topological polar surface area (TPSA) is 47.9 Å². The van der Waals surface area contributed by atoms with Crippen LogP contribution >= 0.6 is 7.37 Å². The lowest BCUT2D eigenvalue weighted by atomic mass is 10.00. The monoisotopic (exact) mass is 289 g/mol. The molecular weight excluding hydrogens is 273 g/mol. The summed E-state index contributed by atoms with van der Waals surface area (Å²) >= 11 is 0. The molecule has 0 aliphatic carbocycles. The van der Waals surface area contributed by atoms with Gasteiger partial charge in [0, 0.05) is 25.8 Å². The molecule has 0 N–H and O–H groups in total. The van der Waals surface area contributed by atoms with Crippen LogP contribution in [0.4, 0.5) is 0 Å². The number of rotatable bonds is 3. The van der Waals surface area contributed by atoms with E-state index in [1.54, 1.807) is 6.66 Å². The molecule has 3 rings (SSSR count). The molecule has 2 atom stereocenters. The van der Waals surface area contributed by atoms with Crippen LogP contribution in [-0.4, -0.2) is 25.3 Å². The molecule has 2 aromatic rings. The van der Waals surface area contributed by atoms with E-state index in [2.05, 4.69) is 23.4 Å². The predicted octanol–water partition coefficient (Wildman–Crippen LogP) is 3.84. The smallest absolute Gasteiger partial charge is 0.242 e. The summed E-state index contributed by atoms with van der Waals surface area (Å²) in [5.74, 6) is -0.485. The van der Waals surface area contributed by atoms with Crippen LogP contribution in [0.25, 0.3) is 10.8 Å². The maximum atomic E-state index is 12.2. The van der Waals surface area contributed by atoms with E-state index >= 15 is 0 Å². The molecule has 0 fully saturated rings. The maximum Gasteiger partial charge on any atom is 0.242 e. The van der Waals surface area contributed by atoms with E-state index in [1.165, 1.54) is 7.11 Å². The van der Waals surface area contributed by atoms with Crippen molar-refractivity contribution in [1.29, 1.82) is 0 Å². The molecule has 0 amide bonds. The highest BCUT2D eigenvalue weighted by molar-refractivity contribution is 7.58. The van der Waals surface area contributed by atoms with Crippen molar-refractivity contribution in [2.24, 2.45) is 5.16 Å². The first-order chi connectivity index (χ1) is 9.62. The van der Waals surface area contributed by atoms with Gasteiger partial charge in [-0.2, -0.15) is 0 Å². The Kier molecular flexibility index (Phi) is 3.36. The second-order valence-corrected chi connectivity index (χ2v) is 7.68. The highest BCUT2D eigenvalue weighted by atomic mass is 31.2. The maximum absolute atomic E-state index is 12.2. The van der Waals surface area contributed by atoms with E-state index in [4.69, 9.17) is 9.36 Å². The molecule has 1 aliphatic rings. The first-order valence-electron chi connectivity index (χ1n) is 6.45. The zero-order valence-electron chi connectivity index (χ0n) is 11.4. The van der Waals surface area contributed by atoms with Gasteiger partial charge in [0.2, 0.25) is 13.2 Å². The fourth-order valence-electron chi connectivity index (χ4n) is 2.37. The van der Waals surface area contributed by atoms with E-state index in [1.807, 2.05) is 24.3 Å². The normalized spacial score (nSPS) is 21.3. The summed E-state index contributed by atoms with van der Waals surface area (Å²) in [7, 11) is -1.33. The van der Waals surface area contributed by atoms with Crippen molar-refractivity contribution in [1.82, 2.24) is 0 Å². The SMILES string of the molecule is COP(C)(=O)C1CC(c2cccc3ccccc23)=NO1. The first-order valence-corrected chi connectivity index (χ1v) is 8.59. The van der Waals surface area contributed by atoms with Crippen LogP contribution in [0, 0.1) is 0 Å². The lowest BCUT2D eigenvalue weighted by Gasteiger charge is -2.15. The van der Waals surface area contributed by atoms with Crippen LogP contribution in [0.15, 0.2) is 47.6 Å². The lowest BCUT2D eigenvalue weighted by Crippen LogP contribution is -2.10. The Morgan fingerprint density at radius 1 is 1.25 bits per heavy atom. The van der Waals surface area contributed by atoms with Crippen LogP contribution in [-0.2, 0) is 13.9 Å². The Balaban J connectivity index is 1.96. The minimum atomic E-state index is -2.78. The molecule has 2 unspecified atom stereocenters. The molecule has 0 bridgehead atoms. The molecule has 0 saturated heterocycles. The van der Waals surface area contributed by atoms with Gasteiger partial charge in [-0.3, -0.25) is 4.57 Å². The van der Waals surface area contributed by atoms with Gasteiger partial charge in [0.1, 0.15) is 0 Å². The minimum Gasteiger partial charge on any atom is -0.381 e. The first kappa shape index (κ1) is 13.3. The summed E-state index contributed by atoms with van der Waals surface area (Å²) in [6.07, 6.45) is 0.510. The third-order valence-electron chi connectivity index (χ3n) is 3.64. The van der Waals surface area contributed by atoms with Gasteiger partial charge < -0.3 is 9.36 Å².